The largest absolute Gasteiger partial charge is 0.494 e. The Balaban J connectivity index is 0.00000216. The third-order valence-electron chi connectivity index (χ3n) is 6.39. The number of hydrogen-bond donors (Lipinski definition) is 1. The minimum Gasteiger partial charge on any atom is -0.494 e. The van der Waals surface area contributed by atoms with Crippen molar-refractivity contribution in [3.8, 4) is 5.75 Å². The van der Waals surface area contributed by atoms with E-state index in [-0.39, 0.29) is 30.7 Å². The van der Waals surface area contributed by atoms with Crippen LogP contribution in [0, 0.1) is 0 Å². The van der Waals surface area contributed by atoms with Crippen molar-refractivity contribution >= 4 is 65.3 Å². The second-order valence-electron chi connectivity index (χ2n) is 8.58. The van der Waals surface area contributed by atoms with Gasteiger partial charge in [0.2, 0.25) is 5.91 Å². The number of ether oxygens (including phenoxy) is 1. The van der Waals surface area contributed by atoms with E-state index in [0.29, 0.717) is 36.2 Å². The van der Waals surface area contributed by atoms with Gasteiger partial charge in [0.15, 0.2) is 0 Å². The highest BCUT2D eigenvalue weighted by atomic mass is 35.5. The van der Waals surface area contributed by atoms with Gasteiger partial charge in [-0.15, -0.1) is 24.8 Å². The number of piperazine rings is 1. The third kappa shape index (κ3) is 7.54. The highest BCUT2D eigenvalue weighted by Crippen LogP contribution is 2.33. The summed E-state index contributed by atoms with van der Waals surface area (Å²) >= 11 is 12.5. The molecule has 2 aromatic carbocycles. The second kappa shape index (κ2) is 14.4. The summed E-state index contributed by atoms with van der Waals surface area (Å²) in [5.74, 6) is 0.959. The molecule has 1 fully saturated rings. The SMILES string of the molecule is Cl.Cl.NCCN1C(=O)CCc2ccc(OCCCCN3CCN(c4cccc(Cl)c4Cl)CC3)cc21. The number of carbonyl (C=O) groups excluding carboxylic acids is 1. The van der Waals surface area contributed by atoms with E-state index in [1.165, 1.54) is 5.56 Å². The van der Waals surface area contributed by atoms with E-state index < -0.39 is 0 Å². The Hall–Kier alpha value is -1.41. The molecule has 1 saturated heterocycles. The summed E-state index contributed by atoms with van der Waals surface area (Å²) in [5, 5.41) is 1.25. The van der Waals surface area contributed by atoms with Crippen LogP contribution >= 0.6 is 48.0 Å². The number of benzene rings is 2. The molecule has 4 rings (SSSR count). The average molecular weight is 564 g/mol. The molecule has 194 valence electrons. The first-order chi connectivity index (χ1) is 16.1. The van der Waals surface area contributed by atoms with E-state index in [4.69, 9.17) is 33.7 Å². The van der Waals surface area contributed by atoms with Crippen LogP contribution < -0.4 is 20.3 Å². The molecule has 2 aliphatic rings. The van der Waals surface area contributed by atoms with Gasteiger partial charge in [-0.05, 0) is 49.6 Å². The van der Waals surface area contributed by atoms with Gasteiger partial charge in [0.25, 0.3) is 0 Å². The summed E-state index contributed by atoms with van der Waals surface area (Å²) in [6.07, 6.45) is 3.41. The number of unbranched alkanes of at least 4 members (excludes halogenated alkanes) is 1. The Morgan fingerprint density at radius 3 is 2.43 bits per heavy atom. The van der Waals surface area contributed by atoms with Crippen LogP contribution in [-0.2, 0) is 11.2 Å². The molecule has 10 heteroatoms. The minimum atomic E-state index is 0. The molecule has 0 atom stereocenters. The fraction of sp³-hybridized carbons (Fsp3) is 0.480. The van der Waals surface area contributed by atoms with E-state index >= 15 is 0 Å². The smallest absolute Gasteiger partial charge is 0.227 e. The van der Waals surface area contributed by atoms with Crippen molar-refractivity contribution in [3.63, 3.8) is 0 Å². The van der Waals surface area contributed by atoms with Crippen LogP contribution in [0.25, 0.3) is 0 Å². The molecule has 6 nitrogen and oxygen atoms in total. The van der Waals surface area contributed by atoms with Gasteiger partial charge in [-0.3, -0.25) is 9.69 Å². The number of nitrogens with two attached hydrogens (primary N) is 1. The molecule has 0 bridgehead atoms. The van der Waals surface area contributed by atoms with Gasteiger partial charge in [-0.25, -0.2) is 0 Å². The van der Waals surface area contributed by atoms with Crippen molar-refractivity contribution < 1.29 is 9.53 Å². The summed E-state index contributed by atoms with van der Waals surface area (Å²) in [4.78, 5) is 18.8. The molecule has 2 aliphatic heterocycles. The molecule has 35 heavy (non-hydrogen) atoms. The number of aryl methyl sites for hydroxylation is 1. The maximum Gasteiger partial charge on any atom is 0.227 e. The van der Waals surface area contributed by atoms with E-state index in [2.05, 4.69) is 15.9 Å². The van der Waals surface area contributed by atoms with Crippen molar-refractivity contribution in [1.82, 2.24) is 4.90 Å². The van der Waals surface area contributed by atoms with Gasteiger partial charge in [-0.1, -0.05) is 35.3 Å². The molecule has 2 N–H and O–H groups in total. The number of anilines is 2. The van der Waals surface area contributed by atoms with E-state index in [9.17, 15) is 4.79 Å². The molecule has 0 aromatic heterocycles. The Morgan fingerprint density at radius 1 is 0.914 bits per heavy atom. The maximum absolute atomic E-state index is 12.2. The first-order valence-corrected chi connectivity index (χ1v) is 12.5. The Kier molecular flexibility index (Phi) is 12.2. The zero-order chi connectivity index (χ0) is 23.2. The van der Waals surface area contributed by atoms with Gasteiger partial charge in [0, 0.05) is 51.8 Å². The third-order valence-corrected chi connectivity index (χ3v) is 7.20. The van der Waals surface area contributed by atoms with Crippen LogP contribution in [-0.4, -0.2) is 63.2 Å². The minimum absolute atomic E-state index is 0. The summed E-state index contributed by atoms with van der Waals surface area (Å²) in [6, 6.07) is 11.9. The monoisotopic (exact) mass is 562 g/mol. The standard InChI is InChI=1S/C25H32Cl2N4O2.2ClH/c26-21-4-3-5-22(25(21)27)30-15-13-29(14-16-30)11-1-2-17-33-20-8-6-19-7-9-24(32)31(12-10-28)23(19)18-20;;/h3-6,8,18H,1-2,7,9-17,28H2;2*1H. The number of fused-ring (bicyclic) bond motifs is 1. The van der Waals surface area contributed by atoms with Crippen LogP contribution in [0.4, 0.5) is 11.4 Å². The highest BCUT2D eigenvalue weighted by molar-refractivity contribution is 6.43. The summed E-state index contributed by atoms with van der Waals surface area (Å²) < 4.78 is 6.00. The maximum atomic E-state index is 12.2. The molecule has 0 radical (unpaired) electrons. The predicted octanol–water partition coefficient (Wildman–Crippen LogP) is 5.06. The van der Waals surface area contributed by atoms with Crippen molar-refractivity contribution in [3.05, 3.63) is 52.0 Å². The first-order valence-electron chi connectivity index (χ1n) is 11.7. The molecule has 2 heterocycles. The number of halogens is 4. The summed E-state index contributed by atoms with van der Waals surface area (Å²) in [5.41, 5.74) is 8.86. The van der Waals surface area contributed by atoms with Crippen LogP contribution in [0.3, 0.4) is 0 Å². The number of rotatable bonds is 9. The molecular weight excluding hydrogens is 530 g/mol. The van der Waals surface area contributed by atoms with E-state index in [0.717, 1.165) is 69.1 Å². The van der Waals surface area contributed by atoms with E-state index in [1.54, 1.807) is 4.90 Å². The summed E-state index contributed by atoms with van der Waals surface area (Å²) in [6.45, 7) is 6.65. The first kappa shape index (κ1) is 29.8. The van der Waals surface area contributed by atoms with Crippen molar-refractivity contribution in [2.45, 2.75) is 25.7 Å². The van der Waals surface area contributed by atoms with Gasteiger partial charge in [-0.2, -0.15) is 0 Å². The van der Waals surface area contributed by atoms with E-state index in [1.807, 2.05) is 30.3 Å². The zero-order valence-corrected chi connectivity index (χ0v) is 22.9. The van der Waals surface area contributed by atoms with Crippen molar-refractivity contribution in [1.29, 1.82) is 0 Å². The molecule has 0 aliphatic carbocycles. The number of nitrogens with zero attached hydrogens (tertiary/aromatic N) is 3. The lowest BCUT2D eigenvalue weighted by Crippen LogP contribution is -2.46. The molecular formula is C25H34Cl4N4O2. The lowest BCUT2D eigenvalue weighted by molar-refractivity contribution is -0.118. The van der Waals surface area contributed by atoms with Gasteiger partial charge in [0.05, 0.1) is 28.0 Å². The quantitative estimate of drug-likeness (QED) is 0.432. The Labute approximate surface area is 230 Å². The fourth-order valence-electron chi connectivity index (χ4n) is 4.56. The normalized spacial score (nSPS) is 15.8. The van der Waals surface area contributed by atoms with Crippen LogP contribution in [0.15, 0.2) is 36.4 Å². The molecule has 2 aromatic rings. The number of hydrogen-bond acceptors (Lipinski definition) is 5. The second-order valence-corrected chi connectivity index (χ2v) is 9.37. The summed E-state index contributed by atoms with van der Waals surface area (Å²) in [7, 11) is 0. The number of amides is 1. The van der Waals surface area contributed by atoms with Gasteiger partial charge >= 0.3 is 0 Å². The molecule has 0 saturated carbocycles. The molecule has 1 amide bonds. The van der Waals surface area contributed by atoms with Crippen molar-refractivity contribution in [2.75, 3.05) is 62.2 Å². The topological polar surface area (TPSA) is 62.0 Å². The van der Waals surface area contributed by atoms with Gasteiger partial charge < -0.3 is 20.3 Å². The fourth-order valence-corrected chi connectivity index (χ4v) is 4.97. The van der Waals surface area contributed by atoms with Gasteiger partial charge in [0.1, 0.15) is 5.75 Å². The Morgan fingerprint density at radius 2 is 1.69 bits per heavy atom. The van der Waals surface area contributed by atoms with Crippen molar-refractivity contribution in [2.24, 2.45) is 5.73 Å². The van der Waals surface area contributed by atoms with Crippen LogP contribution in [0.5, 0.6) is 5.75 Å². The average Bonchev–Trinajstić information content (AvgIpc) is 2.83. The van der Waals surface area contributed by atoms with Crippen LogP contribution in [0.2, 0.25) is 10.0 Å². The Bertz CT molecular complexity index is 970. The molecule has 0 spiro atoms. The zero-order valence-electron chi connectivity index (χ0n) is 19.8. The predicted molar refractivity (Wildman–Crippen MR) is 151 cm³/mol. The lowest BCUT2D eigenvalue weighted by atomic mass is 10.0. The number of carbonyl (C=O) groups is 1. The van der Waals surface area contributed by atoms with Crippen LogP contribution in [0.1, 0.15) is 24.8 Å². The molecule has 0 unspecified atom stereocenters. The lowest BCUT2D eigenvalue weighted by Gasteiger charge is -2.36. The highest BCUT2D eigenvalue weighted by Gasteiger charge is 2.24.